The first-order valence-electron chi connectivity index (χ1n) is 9.53. The molecule has 0 aliphatic rings. The molecular formula is C22H18AsClN2O7S. The Labute approximate surface area is 205 Å². The van der Waals surface area contributed by atoms with E-state index >= 15 is 0 Å². The summed E-state index contributed by atoms with van der Waals surface area (Å²) in [7, 11) is 0. The quantitative estimate of drug-likeness (QED) is 0.162. The van der Waals surface area contributed by atoms with Gasteiger partial charge in [-0.25, -0.2) is 9.78 Å². The van der Waals surface area contributed by atoms with Crippen molar-refractivity contribution >= 4 is 69.1 Å². The van der Waals surface area contributed by atoms with E-state index in [1.54, 1.807) is 23.5 Å². The Bertz CT molecular complexity index is 1360. The van der Waals surface area contributed by atoms with Gasteiger partial charge in [-0.05, 0) is 29.7 Å². The molecule has 0 bridgehead atoms. The van der Waals surface area contributed by atoms with E-state index in [1.807, 2.05) is 30.3 Å². The second-order valence-corrected chi connectivity index (χ2v) is 11.9. The SMILES string of the molecule is CC(=O)Nc1ccc([As](=O)(O)OO)cc1.O=C(O)c1nc(-c2cc3ccccc3s2)ccc1Cl. The number of halogens is 1. The van der Waals surface area contributed by atoms with Crippen LogP contribution in [-0.4, -0.2) is 45.5 Å². The van der Waals surface area contributed by atoms with Crippen molar-refractivity contribution in [3.8, 4) is 10.6 Å². The summed E-state index contributed by atoms with van der Waals surface area (Å²) in [5, 5.41) is 21.0. The first-order chi connectivity index (χ1) is 16.1. The van der Waals surface area contributed by atoms with Crippen LogP contribution in [0.4, 0.5) is 5.69 Å². The number of hydrogen-bond acceptors (Lipinski definition) is 7. The van der Waals surface area contributed by atoms with E-state index in [1.165, 1.54) is 31.2 Å². The molecule has 0 aliphatic heterocycles. The number of hydrogen-bond donors (Lipinski definition) is 4. The molecule has 4 rings (SSSR count). The third-order valence-corrected chi connectivity index (χ3v) is 8.25. The third-order valence-electron chi connectivity index (χ3n) is 4.35. The summed E-state index contributed by atoms with van der Waals surface area (Å²) < 4.78 is 25.0. The fourth-order valence-electron chi connectivity index (χ4n) is 2.82. The molecule has 1 atom stereocenters. The van der Waals surface area contributed by atoms with Gasteiger partial charge in [0.05, 0.1) is 15.6 Å². The van der Waals surface area contributed by atoms with Crippen LogP contribution in [0.3, 0.4) is 0 Å². The Morgan fingerprint density at radius 3 is 2.35 bits per heavy atom. The van der Waals surface area contributed by atoms with Gasteiger partial charge in [0.15, 0.2) is 5.69 Å². The first kappa shape index (κ1) is 25.6. The molecule has 4 aromatic rings. The van der Waals surface area contributed by atoms with Crippen LogP contribution in [0.15, 0.2) is 66.7 Å². The zero-order valence-electron chi connectivity index (χ0n) is 17.5. The van der Waals surface area contributed by atoms with Crippen molar-refractivity contribution in [3.63, 3.8) is 0 Å². The summed E-state index contributed by atoms with van der Waals surface area (Å²) in [6.45, 7) is 1.35. The van der Waals surface area contributed by atoms with Gasteiger partial charge in [-0.3, -0.25) is 0 Å². The second-order valence-electron chi connectivity index (χ2n) is 6.81. The maximum absolute atomic E-state index is 11.2. The normalized spacial score (nSPS) is 12.4. The molecule has 34 heavy (non-hydrogen) atoms. The summed E-state index contributed by atoms with van der Waals surface area (Å²) in [6, 6.07) is 18.8. The Morgan fingerprint density at radius 1 is 1.09 bits per heavy atom. The monoisotopic (exact) mass is 564 g/mol. The van der Waals surface area contributed by atoms with Crippen LogP contribution in [0.2, 0.25) is 5.02 Å². The number of carbonyl (C=O) groups excluding carboxylic acids is 1. The number of amides is 1. The number of benzene rings is 2. The fraction of sp³-hybridized carbons (Fsp3) is 0.0455. The van der Waals surface area contributed by atoms with Gasteiger partial charge in [0.25, 0.3) is 0 Å². The molecule has 2 aromatic heterocycles. The van der Waals surface area contributed by atoms with Crippen LogP contribution in [0.25, 0.3) is 20.7 Å². The van der Waals surface area contributed by atoms with Crippen LogP contribution in [-0.2, 0) is 12.4 Å². The first-order valence-corrected chi connectivity index (χ1v) is 14.0. The molecule has 2 aromatic carbocycles. The van der Waals surface area contributed by atoms with Gasteiger partial charge in [-0.1, -0.05) is 29.8 Å². The minimum atomic E-state index is -4.76. The molecule has 0 spiro atoms. The third kappa shape index (κ3) is 6.32. The average Bonchev–Trinajstić information content (AvgIpc) is 3.24. The van der Waals surface area contributed by atoms with Crippen molar-refractivity contribution in [2.75, 3.05) is 5.32 Å². The molecule has 0 saturated carbocycles. The Balaban J connectivity index is 0.000000197. The fourth-order valence-corrected chi connectivity index (χ4v) is 5.34. The Morgan fingerprint density at radius 2 is 1.76 bits per heavy atom. The molecule has 1 amide bonds. The predicted octanol–water partition coefficient (Wildman–Crippen LogP) is 4.02. The maximum Gasteiger partial charge on any atom is 0.356 e. The summed E-state index contributed by atoms with van der Waals surface area (Å²) in [6.07, 6.45) is 0. The van der Waals surface area contributed by atoms with Gasteiger partial charge in [0.1, 0.15) is 0 Å². The van der Waals surface area contributed by atoms with E-state index in [2.05, 4.69) is 14.2 Å². The number of carboxylic acids is 1. The summed E-state index contributed by atoms with van der Waals surface area (Å²) >= 11 is 2.63. The molecule has 4 N–H and O–H groups in total. The minimum Gasteiger partial charge on any atom is -0.476 e. The number of rotatable bonds is 5. The zero-order valence-corrected chi connectivity index (χ0v) is 21.0. The molecule has 2 heterocycles. The smallest absolute Gasteiger partial charge is 0.356 e. The van der Waals surface area contributed by atoms with Crippen molar-refractivity contribution in [1.29, 1.82) is 0 Å². The number of pyridine rings is 1. The number of aromatic nitrogens is 1. The Hall–Kier alpha value is -2.98. The van der Waals surface area contributed by atoms with E-state index in [0.29, 0.717) is 11.4 Å². The van der Waals surface area contributed by atoms with E-state index < -0.39 is 20.1 Å². The van der Waals surface area contributed by atoms with Gasteiger partial charge in [0.2, 0.25) is 0 Å². The maximum atomic E-state index is 11.2. The number of aromatic carboxylic acids is 1. The van der Waals surface area contributed by atoms with Gasteiger partial charge in [0, 0.05) is 4.70 Å². The number of anilines is 1. The van der Waals surface area contributed by atoms with E-state index in [4.69, 9.17) is 26.1 Å². The standard InChI is InChI=1S/C14H8ClNO2S.C8H10AsNO5/c15-9-5-6-10(16-13(9)14(17)18)12-7-8-3-1-2-4-11(8)19-12;1-6(11)10-8-4-2-7(3-5-8)9(12,13)15-14/h1-7H,(H,17,18);2-5,14H,1H3,(H,10,11)(H,12,13). The minimum absolute atomic E-state index is 0.00438. The molecule has 12 heteroatoms. The van der Waals surface area contributed by atoms with Gasteiger partial charge < -0.3 is 5.11 Å². The Kier molecular flexibility index (Phi) is 8.27. The number of carbonyl (C=O) groups is 2. The van der Waals surface area contributed by atoms with E-state index in [-0.39, 0.29) is 21.0 Å². The van der Waals surface area contributed by atoms with Gasteiger partial charge in [-0.15, -0.1) is 11.3 Å². The number of thiophene rings is 1. The summed E-state index contributed by atoms with van der Waals surface area (Å²) in [4.78, 5) is 26.8. The molecule has 0 radical (unpaired) electrons. The molecule has 1 unspecified atom stereocenters. The average molecular weight is 565 g/mol. The molecule has 0 fully saturated rings. The topological polar surface area (TPSA) is 146 Å². The van der Waals surface area contributed by atoms with Crippen LogP contribution >= 0.6 is 22.9 Å². The molecule has 176 valence electrons. The van der Waals surface area contributed by atoms with Crippen molar-refractivity contribution in [2.45, 2.75) is 6.92 Å². The number of carboxylic acid groups (broad SMARTS) is 1. The summed E-state index contributed by atoms with van der Waals surface area (Å²) in [5.74, 6) is -1.35. The molecule has 0 saturated heterocycles. The van der Waals surface area contributed by atoms with Crippen LogP contribution < -0.4 is 9.67 Å². The number of fused-ring (bicyclic) bond motifs is 1. The van der Waals surface area contributed by atoms with Crippen LogP contribution in [0, 0.1) is 0 Å². The van der Waals surface area contributed by atoms with Crippen molar-refractivity contribution < 1.29 is 31.7 Å². The van der Waals surface area contributed by atoms with Crippen molar-refractivity contribution in [2.24, 2.45) is 0 Å². The zero-order chi connectivity index (χ0) is 24.9. The van der Waals surface area contributed by atoms with E-state index in [9.17, 15) is 13.3 Å². The van der Waals surface area contributed by atoms with Gasteiger partial charge >= 0.3 is 94.4 Å². The largest absolute Gasteiger partial charge is 0.476 e. The van der Waals surface area contributed by atoms with E-state index in [0.717, 1.165) is 15.0 Å². The van der Waals surface area contributed by atoms with Crippen molar-refractivity contribution in [3.05, 3.63) is 77.4 Å². The molecule has 9 nitrogen and oxygen atoms in total. The number of nitrogens with one attached hydrogen (secondary N) is 1. The number of nitrogens with zero attached hydrogens (tertiary/aromatic N) is 1. The van der Waals surface area contributed by atoms with Crippen LogP contribution in [0.5, 0.6) is 0 Å². The summed E-state index contributed by atoms with van der Waals surface area (Å²) in [5.41, 5.74) is 1.01. The van der Waals surface area contributed by atoms with Crippen LogP contribution in [0.1, 0.15) is 17.4 Å². The van der Waals surface area contributed by atoms with Crippen molar-refractivity contribution in [1.82, 2.24) is 4.98 Å². The molecule has 0 aliphatic carbocycles. The molecular weight excluding hydrogens is 547 g/mol. The predicted molar refractivity (Wildman–Crippen MR) is 130 cm³/mol. The second kappa shape index (κ2) is 11.0. The van der Waals surface area contributed by atoms with Gasteiger partial charge in [-0.2, -0.15) is 0 Å².